The maximum absolute atomic E-state index is 12.7. The average molecular weight is 291 g/mol. The van der Waals surface area contributed by atoms with Gasteiger partial charge in [0.25, 0.3) is 0 Å². The first kappa shape index (κ1) is 9.24. The molecule has 1 fully saturated rings. The first-order valence-electron chi connectivity index (χ1n) is 4.44. The summed E-state index contributed by atoms with van der Waals surface area (Å²) in [4.78, 5) is 0. The summed E-state index contributed by atoms with van der Waals surface area (Å²) in [6.45, 7) is 1.03. The largest absolute Gasteiger partial charge is 0.384 e. The Balaban J connectivity index is 2.01. The predicted molar refractivity (Wildman–Crippen MR) is 60.3 cm³/mol. The fraction of sp³-hybridized carbons (Fsp3) is 0.400. The normalized spacial score (nSPS) is 15.8. The predicted octanol–water partition coefficient (Wildman–Crippen LogP) is 3.25. The third-order valence-electron chi connectivity index (χ3n) is 2.21. The number of nitrogens with one attached hydrogen (secondary N) is 1. The van der Waals surface area contributed by atoms with Crippen LogP contribution in [0, 0.1) is 15.3 Å². The van der Waals surface area contributed by atoms with Gasteiger partial charge in [0.2, 0.25) is 0 Å². The maximum atomic E-state index is 12.7. The second-order valence-corrected chi connectivity index (χ2v) is 4.61. The van der Waals surface area contributed by atoms with Crippen LogP contribution in [0.5, 0.6) is 0 Å². The van der Waals surface area contributed by atoms with E-state index in [0.717, 1.165) is 21.7 Å². The van der Waals surface area contributed by atoms with Crippen molar-refractivity contribution in [2.75, 3.05) is 11.9 Å². The van der Waals surface area contributed by atoms with Gasteiger partial charge in [0, 0.05) is 15.8 Å². The van der Waals surface area contributed by atoms with Crippen LogP contribution in [0.1, 0.15) is 12.8 Å². The van der Waals surface area contributed by atoms with E-state index < -0.39 is 0 Å². The van der Waals surface area contributed by atoms with Gasteiger partial charge in [-0.25, -0.2) is 4.39 Å². The lowest BCUT2D eigenvalue weighted by Crippen LogP contribution is -2.04. The van der Waals surface area contributed by atoms with Crippen molar-refractivity contribution in [3.8, 4) is 0 Å². The van der Waals surface area contributed by atoms with Crippen LogP contribution in [-0.2, 0) is 0 Å². The molecule has 0 saturated heterocycles. The molecule has 1 aliphatic rings. The molecule has 1 aliphatic carbocycles. The van der Waals surface area contributed by atoms with Gasteiger partial charge < -0.3 is 5.32 Å². The minimum atomic E-state index is -0.165. The van der Waals surface area contributed by atoms with Crippen LogP contribution in [0.15, 0.2) is 18.2 Å². The summed E-state index contributed by atoms with van der Waals surface area (Å²) in [5.41, 5.74) is 1.05. The third-order valence-corrected chi connectivity index (χ3v) is 3.10. The molecule has 0 bridgehead atoms. The molecule has 1 nitrogen and oxygen atoms in total. The molecule has 3 heteroatoms. The molecule has 2 rings (SSSR count). The monoisotopic (exact) mass is 291 g/mol. The number of hydrogen-bond acceptors (Lipinski definition) is 1. The molecule has 0 aromatic heterocycles. The second-order valence-electron chi connectivity index (χ2n) is 3.45. The van der Waals surface area contributed by atoms with Crippen LogP contribution in [-0.4, -0.2) is 6.54 Å². The van der Waals surface area contributed by atoms with E-state index in [1.54, 1.807) is 12.1 Å². The molecule has 0 radical (unpaired) electrons. The number of rotatable bonds is 3. The quantitative estimate of drug-likeness (QED) is 0.843. The molecule has 70 valence electrons. The fourth-order valence-corrected chi connectivity index (χ4v) is 1.88. The Bertz CT molecular complexity index is 310. The molecule has 0 unspecified atom stereocenters. The van der Waals surface area contributed by atoms with Gasteiger partial charge in [-0.2, -0.15) is 0 Å². The van der Waals surface area contributed by atoms with Crippen LogP contribution in [0.3, 0.4) is 0 Å². The minimum absolute atomic E-state index is 0.165. The Morgan fingerprint density at radius 2 is 2.23 bits per heavy atom. The molecule has 0 amide bonds. The zero-order chi connectivity index (χ0) is 9.26. The standard InChI is InChI=1S/C10H11FIN/c11-8-3-4-10(9(12)5-8)13-6-7-1-2-7/h3-5,7,13H,1-2,6H2. The van der Waals surface area contributed by atoms with Crippen LogP contribution < -0.4 is 5.32 Å². The Morgan fingerprint density at radius 1 is 1.46 bits per heavy atom. The second kappa shape index (κ2) is 3.82. The summed E-state index contributed by atoms with van der Waals surface area (Å²) in [5, 5.41) is 3.33. The summed E-state index contributed by atoms with van der Waals surface area (Å²) in [6, 6.07) is 4.85. The van der Waals surface area contributed by atoms with Gasteiger partial charge in [-0.3, -0.25) is 0 Å². The Labute approximate surface area is 90.9 Å². The minimum Gasteiger partial charge on any atom is -0.384 e. The number of anilines is 1. The molecule has 0 heterocycles. The van der Waals surface area contributed by atoms with Crippen molar-refractivity contribution < 1.29 is 4.39 Å². The van der Waals surface area contributed by atoms with Crippen LogP contribution >= 0.6 is 22.6 Å². The average Bonchev–Trinajstić information content (AvgIpc) is 2.86. The highest BCUT2D eigenvalue weighted by molar-refractivity contribution is 14.1. The third kappa shape index (κ3) is 2.56. The summed E-state index contributed by atoms with van der Waals surface area (Å²) >= 11 is 2.15. The molecule has 1 saturated carbocycles. The molecule has 0 atom stereocenters. The summed E-state index contributed by atoms with van der Waals surface area (Å²) in [7, 11) is 0. The van der Waals surface area contributed by atoms with Crippen molar-refractivity contribution in [2.24, 2.45) is 5.92 Å². The first-order chi connectivity index (χ1) is 6.25. The van der Waals surface area contributed by atoms with Crippen molar-refractivity contribution in [2.45, 2.75) is 12.8 Å². The van der Waals surface area contributed by atoms with Gasteiger partial charge in [-0.15, -0.1) is 0 Å². The van der Waals surface area contributed by atoms with Gasteiger partial charge in [-0.05, 0) is 59.5 Å². The van der Waals surface area contributed by atoms with E-state index in [9.17, 15) is 4.39 Å². The van der Waals surface area contributed by atoms with Crippen LogP contribution in [0.25, 0.3) is 0 Å². The van der Waals surface area contributed by atoms with Crippen molar-refractivity contribution in [1.29, 1.82) is 0 Å². The summed E-state index contributed by atoms with van der Waals surface area (Å²) in [6.07, 6.45) is 2.68. The zero-order valence-electron chi connectivity index (χ0n) is 7.19. The Morgan fingerprint density at radius 3 is 2.85 bits per heavy atom. The summed E-state index contributed by atoms with van der Waals surface area (Å²) in [5.74, 6) is 0.683. The molecular weight excluding hydrogens is 280 g/mol. The first-order valence-corrected chi connectivity index (χ1v) is 5.52. The molecule has 1 aromatic carbocycles. The van der Waals surface area contributed by atoms with Crippen molar-refractivity contribution in [3.63, 3.8) is 0 Å². The molecule has 1 aromatic rings. The number of hydrogen-bond donors (Lipinski definition) is 1. The molecular formula is C10H11FIN. The highest BCUT2D eigenvalue weighted by atomic mass is 127. The van der Waals surface area contributed by atoms with Crippen molar-refractivity contribution in [3.05, 3.63) is 27.6 Å². The van der Waals surface area contributed by atoms with E-state index in [2.05, 4.69) is 27.9 Å². The van der Waals surface area contributed by atoms with Gasteiger partial charge in [-0.1, -0.05) is 0 Å². The smallest absolute Gasteiger partial charge is 0.124 e. The summed E-state index contributed by atoms with van der Waals surface area (Å²) < 4.78 is 13.7. The van der Waals surface area contributed by atoms with E-state index >= 15 is 0 Å². The van der Waals surface area contributed by atoms with Gasteiger partial charge >= 0.3 is 0 Å². The van der Waals surface area contributed by atoms with E-state index in [0.29, 0.717) is 0 Å². The lowest BCUT2D eigenvalue weighted by molar-refractivity contribution is 0.627. The Kier molecular flexibility index (Phi) is 2.71. The Hall–Kier alpha value is -0.320. The van der Waals surface area contributed by atoms with Gasteiger partial charge in [0.15, 0.2) is 0 Å². The fourth-order valence-electron chi connectivity index (χ4n) is 1.21. The number of halogens is 2. The highest BCUT2D eigenvalue weighted by Gasteiger charge is 2.20. The highest BCUT2D eigenvalue weighted by Crippen LogP contribution is 2.29. The SMILES string of the molecule is Fc1ccc(NCC2CC2)c(I)c1. The van der Waals surface area contributed by atoms with Gasteiger partial charge in [0.05, 0.1) is 0 Å². The van der Waals surface area contributed by atoms with E-state index in [4.69, 9.17) is 0 Å². The molecule has 1 N–H and O–H groups in total. The van der Waals surface area contributed by atoms with Crippen molar-refractivity contribution in [1.82, 2.24) is 0 Å². The molecule has 13 heavy (non-hydrogen) atoms. The van der Waals surface area contributed by atoms with E-state index in [-0.39, 0.29) is 5.82 Å². The van der Waals surface area contributed by atoms with Crippen LogP contribution in [0.2, 0.25) is 0 Å². The van der Waals surface area contributed by atoms with Gasteiger partial charge in [0.1, 0.15) is 5.82 Å². The lowest BCUT2D eigenvalue weighted by Gasteiger charge is -2.07. The maximum Gasteiger partial charge on any atom is 0.124 e. The van der Waals surface area contributed by atoms with Crippen molar-refractivity contribution >= 4 is 28.3 Å². The lowest BCUT2D eigenvalue weighted by atomic mass is 10.3. The molecule has 0 spiro atoms. The zero-order valence-corrected chi connectivity index (χ0v) is 9.34. The topological polar surface area (TPSA) is 12.0 Å². The number of benzene rings is 1. The molecule has 0 aliphatic heterocycles. The van der Waals surface area contributed by atoms with E-state index in [1.165, 1.54) is 18.9 Å². The van der Waals surface area contributed by atoms with E-state index in [1.807, 2.05) is 0 Å². The van der Waals surface area contributed by atoms with Crippen LogP contribution in [0.4, 0.5) is 10.1 Å².